The van der Waals surface area contributed by atoms with E-state index in [2.05, 4.69) is 29.1 Å². The highest BCUT2D eigenvalue weighted by atomic mass is 16.1. The number of rotatable bonds is 5. The largest absolute Gasteiger partial charge is 0.356 e. The van der Waals surface area contributed by atoms with Crippen LogP contribution in [-0.2, 0) is 4.79 Å². The Morgan fingerprint density at radius 1 is 1.10 bits per heavy atom. The van der Waals surface area contributed by atoms with Crippen molar-refractivity contribution in [3.05, 3.63) is 0 Å². The predicted octanol–water partition coefficient (Wildman–Crippen LogP) is 1.57. The maximum Gasteiger partial charge on any atom is 0.223 e. The molecular formula is C16H31N3O. The van der Waals surface area contributed by atoms with Gasteiger partial charge in [0.2, 0.25) is 5.91 Å². The second-order valence-corrected chi connectivity index (χ2v) is 6.75. The van der Waals surface area contributed by atoms with Gasteiger partial charge in [-0.1, -0.05) is 6.92 Å². The summed E-state index contributed by atoms with van der Waals surface area (Å²) in [5, 5.41) is 3.13. The van der Waals surface area contributed by atoms with E-state index in [1.807, 2.05) is 0 Å². The smallest absolute Gasteiger partial charge is 0.223 e. The van der Waals surface area contributed by atoms with Crippen molar-refractivity contribution in [3.63, 3.8) is 0 Å². The summed E-state index contributed by atoms with van der Waals surface area (Å²) in [6, 6.07) is 0. The maximum absolute atomic E-state index is 12.1. The SMILES string of the molecule is CC1CCN(CCCNC(=O)C2CCN(C)CC2)CC1. The van der Waals surface area contributed by atoms with E-state index >= 15 is 0 Å². The lowest BCUT2D eigenvalue weighted by atomic mass is 9.96. The molecule has 0 bridgehead atoms. The molecule has 2 aliphatic rings. The summed E-state index contributed by atoms with van der Waals surface area (Å²) >= 11 is 0. The van der Waals surface area contributed by atoms with E-state index in [9.17, 15) is 4.79 Å². The second kappa shape index (κ2) is 7.99. The van der Waals surface area contributed by atoms with E-state index < -0.39 is 0 Å². The Morgan fingerprint density at radius 3 is 2.40 bits per heavy atom. The number of piperidine rings is 2. The molecule has 2 aliphatic heterocycles. The fourth-order valence-corrected chi connectivity index (χ4v) is 3.22. The standard InChI is InChI=1S/C16H31N3O/c1-14-4-12-19(13-5-14)9-3-8-17-16(20)15-6-10-18(2)11-7-15/h14-15H,3-13H2,1-2H3,(H,17,20). The van der Waals surface area contributed by atoms with Gasteiger partial charge in [-0.05, 0) is 77.8 Å². The molecule has 0 spiro atoms. The molecule has 2 saturated heterocycles. The first-order valence-electron chi connectivity index (χ1n) is 8.34. The summed E-state index contributed by atoms with van der Waals surface area (Å²) in [5.41, 5.74) is 0. The van der Waals surface area contributed by atoms with Crippen molar-refractivity contribution in [1.82, 2.24) is 15.1 Å². The van der Waals surface area contributed by atoms with Gasteiger partial charge in [-0.25, -0.2) is 0 Å². The molecule has 0 unspecified atom stereocenters. The van der Waals surface area contributed by atoms with Crippen molar-refractivity contribution in [1.29, 1.82) is 0 Å². The highest BCUT2D eigenvalue weighted by molar-refractivity contribution is 5.78. The van der Waals surface area contributed by atoms with Gasteiger partial charge in [0.15, 0.2) is 0 Å². The highest BCUT2D eigenvalue weighted by Crippen LogP contribution is 2.17. The number of hydrogen-bond acceptors (Lipinski definition) is 3. The predicted molar refractivity (Wildman–Crippen MR) is 82.7 cm³/mol. The first-order chi connectivity index (χ1) is 9.65. The first-order valence-corrected chi connectivity index (χ1v) is 8.34. The average Bonchev–Trinajstić information content (AvgIpc) is 2.46. The topological polar surface area (TPSA) is 35.6 Å². The molecule has 0 aromatic rings. The minimum Gasteiger partial charge on any atom is -0.356 e. The highest BCUT2D eigenvalue weighted by Gasteiger charge is 2.22. The zero-order chi connectivity index (χ0) is 14.4. The third-order valence-electron chi connectivity index (χ3n) is 4.92. The molecule has 0 aliphatic carbocycles. The van der Waals surface area contributed by atoms with E-state index in [0.717, 1.165) is 51.4 Å². The monoisotopic (exact) mass is 281 g/mol. The van der Waals surface area contributed by atoms with Crippen LogP contribution in [0.1, 0.15) is 39.0 Å². The zero-order valence-corrected chi connectivity index (χ0v) is 13.2. The normalized spacial score (nSPS) is 23.9. The Labute approximate surface area is 123 Å². The molecule has 1 N–H and O–H groups in total. The Bertz CT molecular complexity index is 292. The van der Waals surface area contributed by atoms with Crippen LogP contribution in [0.25, 0.3) is 0 Å². The molecule has 4 heteroatoms. The van der Waals surface area contributed by atoms with Crippen molar-refractivity contribution < 1.29 is 4.79 Å². The number of amides is 1. The Hall–Kier alpha value is -0.610. The Morgan fingerprint density at radius 2 is 1.75 bits per heavy atom. The molecule has 2 fully saturated rings. The molecule has 0 radical (unpaired) electrons. The van der Waals surface area contributed by atoms with Crippen molar-refractivity contribution in [3.8, 4) is 0 Å². The zero-order valence-electron chi connectivity index (χ0n) is 13.2. The van der Waals surface area contributed by atoms with Crippen LogP contribution in [-0.4, -0.2) is 62.0 Å². The number of likely N-dealkylation sites (tertiary alicyclic amines) is 2. The van der Waals surface area contributed by atoms with Gasteiger partial charge in [-0.2, -0.15) is 0 Å². The average molecular weight is 281 g/mol. The number of carbonyl (C=O) groups is 1. The van der Waals surface area contributed by atoms with Gasteiger partial charge >= 0.3 is 0 Å². The Kier molecular flexibility index (Phi) is 6.30. The lowest BCUT2D eigenvalue weighted by molar-refractivity contribution is -0.126. The molecule has 0 aromatic heterocycles. The van der Waals surface area contributed by atoms with Gasteiger partial charge in [-0.15, -0.1) is 0 Å². The summed E-state index contributed by atoms with van der Waals surface area (Å²) in [6.45, 7) is 8.93. The lowest BCUT2D eigenvalue weighted by Gasteiger charge is -2.30. The molecule has 20 heavy (non-hydrogen) atoms. The summed E-state index contributed by atoms with van der Waals surface area (Å²) < 4.78 is 0. The van der Waals surface area contributed by atoms with Crippen LogP contribution in [0.5, 0.6) is 0 Å². The minimum atomic E-state index is 0.252. The van der Waals surface area contributed by atoms with Gasteiger partial charge in [0.25, 0.3) is 0 Å². The van der Waals surface area contributed by atoms with Gasteiger partial charge in [-0.3, -0.25) is 4.79 Å². The van der Waals surface area contributed by atoms with E-state index in [1.54, 1.807) is 0 Å². The summed E-state index contributed by atoms with van der Waals surface area (Å²) in [6.07, 6.45) is 5.80. The maximum atomic E-state index is 12.1. The number of carbonyl (C=O) groups excluding carboxylic acids is 1. The Balaban J connectivity index is 1.53. The molecule has 2 heterocycles. The van der Waals surface area contributed by atoms with Crippen LogP contribution in [0, 0.1) is 11.8 Å². The van der Waals surface area contributed by atoms with Crippen LogP contribution >= 0.6 is 0 Å². The summed E-state index contributed by atoms with van der Waals surface area (Å²) in [5.74, 6) is 1.43. The second-order valence-electron chi connectivity index (χ2n) is 6.75. The molecule has 4 nitrogen and oxygen atoms in total. The summed E-state index contributed by atoms with van der Waals surface area (Å²) in [4.78, 5) is 16.9. The fraction of sp³-hybridized carbons (Fsp3) is 0.938. The molecule has 0 atom stereocenters. The van der Waals surface area contributed by atoms with Crippen molar-refractivity contribution in [2.75, 3.05) is 46.3 Å². The number of nitrogens with zero attached hydrogens (tertiary/aromatic N) is 2. The third kappa shape index (κ3) is 5.06. The van der Waals surface area contributed by atoms with Crippen LogP contribution in [0.2, 0.25) is 0 Å². The third-order valence-corrected chi connectivity index (χ3v) is 4.92. The van der Waals surface area contributed by atoms with E-state index in [4.69, 9.17) is 0 Å². The van der Waals surface area contributed by atoms with Crippen molar-refractivity contribution >= 4 is 5.91 Å². The number of hydrogen-bond donors (Lipinski definition) is 1. The van der Waals surface area contributed by atoms with Crippen molar-refractivity contribution in [2.24, 2.45) is 11.8 Å². The van der Waals surface area contributed by atoms with E-state index in [0.29, 0.717) is 0 Å². The molecule has 2 rings (SSSR count). The van der Waals surface area contributed by atoms with E-state index in [-0.39, 0.29) is 11.8 Å². The van der Waals surface area contributed by atoms with Gasteiger partial charge in [0.05, 0.1) is 0 Å². The summed E-state index contributed by atoms with van der Waals surface area (Å²) in [7, 11) is 2.13. The molecule has 116 valence electrons. The van der Waals surface area contributed by atoms with Crippen molar-refractivity contribution in [2.45, 2.75) is 39.0 Å². The van der Waals surface area contributed by atoms with Crippen LogP contribution in [0.15, 0.2) is 0 Å². The number of nitrogens with one attached hydrogen (secondary N) is 1. The molecule has 0 aromatic carbocycles. The van der Waals surface area contributed by atoms with Gasteiger partial charge < -0.3 is 15.1 Å². The van der Waals surface area contributed by atoms with Crippen LogP contribution in [0.4, 0.5) is 0 Å². The van der Waals surface area contributed by atoms with Crippen LogP contribution < -0.4 is 5.32 Å². The molecule has 0 saturated carbocycles. The lowest BCUT2D eigenvalue weighted by Crippen LogP contribution is -2.40. The van der Waals surface area contributed by atoms with Gasteiger partial charge in [0, 0.05) is 12.5 Å². The minimum absolute atomic E-state index is 0.252. The fourth-order valence-electron chi connectivity index (χ4n) is 3.22. The molecular weight excluding hydrogens is 250 g/mol. The quantitative estimate of drug-likeness (QED) is 0.777. The van der Waals surface area contributed by atoms with Crippen LogP contribution in [0.3, 0.4) is 0 Å². The van der Waals surface area contributed by atoms with E-state index in [1.165, 1.54) is 25.9 Å². The van der Waals surface area contributed by atoms with Gasteiger partial charge in [0.1, 0.15) is 0 Å². The molecule has 1 amide bonds. The first kappa shape index (κ1) is 15.8.